The molecule has 0 saturated carbocycles. The lowest BCUT2D eigenvalue weighted by Gasteiger charge is -2.19. The molecule has 5 nitrogen and oxygen atoms in total. The maximum absolute atomic E-state index is 4.68. The molecule has 0 bridgehead atoms. The van der Waals surface area contributed by atoms with E-state index >= 15 is 0 Å². The van der Waals surface area contributed by atoms with Gasteiger partial charge in [-0.05, 0) is 6.42 Å². The van der Waals surface area contributed by atoms with E-state index in [2.05, 4.69) is 48.0 Å². The van der Waals surface area contributed by atoms with E-state index in [1.54, 1.807) is 6.20 Å². The zero-order valence-corrected chi connectivity index (χ0v) is 12.9. The molecule has 0 spiro atoms. The maximum atomic E-state index is 4.68. The Morgan fingerprint density at radius 3 is 2.55 bits per heavy atom. The van der Waals surface area contributed by atoms with Gasteiger partial charge >= 0.3 is 0 Å². The summed E-state index contributed by atoms with van der Waals surface area (Å²) in [6, 6.07) is 1.97. The highest BCUT2D eigenvalue weighted by Crippen LogP contribution is 2.24. The molecule has 2 aromatic rings. The molecule has 0 atom stereocenters. The van der Waals surface area contributed by atoms with Crippen molar-refractivity contribution in [3.05, 3.63) is 24.3 Å². The highest BCUT2D eigenvalue weighted by molar-refractivity contribution is 5.56. The number of aromatic nitrogens is 4. The van der Waals surface area contributed by atoms with Gasteiger partial charge in [-0.15, -0.1) is 0 Å². The predicted molar refractivity (Wildman–Crippen MR) is 81.7 cm³/mol. The van der Waals surface area contributed by atoms with E-state index in [1.165, 1.54) is 0 Å². The summed E-state index contributed by atoms with van der Waals surface area (Å²) in [5.41, 5.74) is 0.764. The van der Waals surface area contributed by atoms with Crippen molar-refractivity contribution in [2.45, 2.75) is 39.5 Å². The average molecular weight is 273 g/mol. The van der Waals surface area contributed by atoms with Gasteiger partial charge < -0.3 is 9.88 Å². The van der Waals surface area contributed by atoms with Crippen molar-refractivity contribution >= 4 is 5.82 Å². The second-order valence-electron chi connectivity index (χ2n) is 6.00. The van der Waals surface area contributed by atoms with E-state index in [0.717, 1.165) is 36.1 Å². The molecule has 0 aliphatic heterocycles. The second kappa shape index (κ2) is 5.61. The highest BCUT2D eigenvalue weighted by atomic mass is 15.1. The van der Waals surface area contributed by atoms with Gasteiger partial charge in [-0.3, -0.25) is 0 Å². The molecule has 1 N–H and O–H groups in total. The minimum atomic E-state index is -0.0934. The molecule has 0 radical (unpaired) electrons. The molecule has 0 aliphatic rings. The molecule has 5 heteroatoms. The summed E-state index contributed by atoms with van der Waals surface area (Å²) in [5.74, 6) is 2.55. The fourth-order valence-electron chi connectivity index (χ4n) is 1.85. The predicted octanol–water partition coefficient (Wildman–Crippen LogP) is 3.00. The van der Waals surface area contributed by atoms with E-state index in [-0.39, 0.29) is 5.41 Å². The van der Waals surface area contributed by atoms with Crippen LogP contribution < -0.4 is 5.32 Å². The molecule has 0 aromatic carbocycles. The van der Waals surface area contributed by atoms with Gasteiger partial charge in [0.15, 0.2) is 5.82 Å². The molecule has 20 heavy (non-hydrogen) atoms. The van der Waals surface area contributed by atoms with Gasteiger partial charge in [0.05, 0.1) is 0 Å². The second-order valence-corrected chi connectivity index (χ2v) is 6.00. The van der Waals surface area contributed by atoms with Gasteiger partial charge in [0.2, 0.25) is 0 Å². The zero-order chi connectivity index (χ0) is 14.8. The molecule has 108 valence electrons. The van der Waals surface area contributed by atoms with Crippen molar-refractivity contribution in [3.63, 3.8) is 0 Å². The molecule has 0 aliphatic carbocycles. The first kappa shape index (κ1) is 14.5. The Morgan fingerprint density at radius 1 is 1.25 bits per heavy atom. The number of hydrogen-bond acceptors (Lipinski definition) is 4. The molecule has 2 heterocycles. The van der Waals surface area contributed by atoms with E-state index in [9.17, 15) is 0 Å². The van der Waals surface area contributed by atoms with Crippen LogP contribution in [0.2, 0.25) is 0 Å². The number of nitrogens with one attached hydrogen (secondary N) is 1. The molecule has 0 saturated heterocycles. The van der Waals surface area contributed by atoms with Crippen molar-refractivity contribution < 1.29 is 0 Å². The Bertz CT molecular complexity index is 580. The molecule has 2 aromatic heterocycles. The number of rotatable bonds is 4. The van der Waals surface area contributed by atoms with Crippen LogP contribution in [0.25, 0.3) is 11.5 Å². The van der Waals surface area contributed by atoms with Crippen LogP contribution in [0.3, 0.4) is 0 Å². The van der Waals surface area contributed by atoms with Gasteiger partial charge in [0.1, 0.15) is 17.3 Å². The third-order valence-corrected chi connectivity index (χ3v) is 3.00. The Labute approximate surface area is 120 Å². The highest BCUT2D eigenvalue weighted by Gasteiger charge is 2.20. The number of imidazole rings is 1. The first-order valence-electron chi connectivity index (χ1n) is 7.03. The van der Waals surface area contributed by atoms with Crippen LogP contribution in [0.1, 0.15) is 39.9 Å². The average Bonchev–Trinajstić information content (AvgIpc) is 2.81. The molecule has 0 fully saturated rings. The van der Waals surface area contributed by atoms with Crippen LogP contribution >= 0.6 is 0 Å². The van der Waals surface area contributed by atoms with Crippen molar-refractivity contribution in [3.8, 4) is 11.5 Å². The van der Waals surface area contributed by atoms with Gasteiger partial charge in [-0.25, -0.2) is 15.0 Å². The fourth-order valence-corrected chi connectivity index (χ4v) is 1.85. The van der Waals surface area contributed by atoms with Crippen LogP contribution in [0.5, 0.6) is 0 Å². The quantitative estimate of drug-likeness (QED) is 0.930. The van der Waals surface area contributed by atoms with Gasteiger partial charge in [-0.1, -0.05) is 27.7 Å². The Morgan fingerprint density at radius 2 is 2.00 bits per heavy atom. The Hall–Kier alpha value is -1.91. The SMILES string of the molecule is CCCNc1cc(-c2nccn2C)nc(C(C)(C)C)n1. The molecule has 0 amide bonds. The molecular weight excluding hydrogens is 250 g/mol. The number of nitrogens with zero attached hydrogens (tertiary/aromatic N) is 4. The minimum Gasteiger partial charge on any atom is -0.370 e. The van der Waals surface area contributed by atoms with Crippen LogP contribution in [-0.2, 0) is 12.5 Å². The minimum absolute atomic E-state index is 0.0934. The largest absolute Gasteiger partial charge is 0.370 e. The summed E-state index contributed by atoms with van der Waals surface area (Å²) in [6.07, 6.45) is 4.77. The zero-order valence-electron chi connectivity index (χ0n) is 12.9. The monoisotopic (exact) mass is 273 g/mol. The number of hydrogen-bond donors (Lipinski definition) is 1. The topological polar surface area (TPSA) is 55.6 Å². The summed E-state index contributed by atoms with van der Waals surface area (Å²) < 4.78 is 1.97. The van der Waals surface area contributed by atoms with Crippen molar-refractivity contribution in [2.24, 2.45) is 7.05 Å². The normalized spacial score (nSPS) is 11.7. The third kappa shape index (κ3) is 3.15. The number of anilines is 1. The van der Waals surface area contributed by atoms with Gasteiger partial charge in [-0.2, -0.15) is 0 Å². The van der Waals surface area contributed by atoms with E-state index in [4.69, 9.17) is 0 Å². The van der Waals surface area contributed by atoms with Gasteiger partial charge in [0, 0.05) is 37.5 Å². The van der Waals surface area contributed by atoms with Crippen LogP contribution in [0, 0.1) is 0 Å². The van der Waals surface area contributed by atoms with Crippen LogP contribution in [-0.4, -0.2) is 26.1 Å². The molecule has 0 unspecified atom stereocenters. The van der Waals surface area contributed by atoms with Crippen molar-refractivity contribution in [1.82, 2.24) is 19.5 Å². The summed E-state index contributed by atoms with van der Waals surface area (Å²) in [6.45, 7) is 9.40. The first-order valence-corrected chi connectivity index (χ1v) is 7.03. The van der Waals surface area contributed by atoms with Crippen molar-refractivity contribution in [2.75, 3.05) is 11.9 Å². The lowest BCUT2D eigenvalue weighted by atomic mass is 9.95. The van der Waals surface area contributed by atoms with Crippen molar-refractivity contribution in [1.29, 1.82) is 0 Å². The third-order valence-electron chi connectivity index (χ3n) is 3.00. The first-order chi connectivity index (χ1) is 9.41. The summed E-state index contributed by atoms with van der Waals surface area (Å²) >= 11 is 0. The van der Waals surface area contributed by atoms with E-state index in [1.807, 2.05) is 23.9 Å². The fraction of sp³-hybridized carbons (Fsp3) is 0.533. The van der Waals surface area contributed by atoms with Gasteiger partial charge in [0.25, 0.3) is 0 Å². The van der Waals surface area contributed by atoms with Crippen LogP contribution in [0.15, 0.2) is 18.5 Å². The molecule has 2 rings (SSSR count). The lowest BCUT2D eigenvalue weighted by molar-refractivity contribution is 0.546. The van der Waals surface area contributed by atoms with E-state index < -0.39 is 0 Å². The van der Waals surface area contributed by atoms with Crippen LogP contribution in [0.4, 0.5) is 5.82 Å². The maximum Gasteiger partial charge on any atom is 0.158 e. The summed E-state index contributed by atoms with van der Waals surface area (Å²) in [4.78, 5) is 13.7. The lowest BCUT2D eigenvalue weighted by Crippen LogP contribution is -2.18. The Kier molecular flexibility index (Phi) is 4.06. The van der Waals surface area contributed by atoms with E-state index in [0.29, 0.717) is 0 Å². The molecular formula is C15H23N5. The standard InChI is InChI=1S/C15H23N5/c1-6-7-16-12-10-11(13-17-8-9-20(13)5)18-14(19-12)15(2,3)4/h8-10H,6-7H2,1-5H3,(H,16,18,19). The summed E-state index contributed by atoms with van der Waals surface area (Å²) in [5, 5.41) is 3.34. The Balaban J connectivity index is 2.48. The number of aryl methyl sites for hydroxylation is 1. The summed E-state index contributed by atoms with van der Waals surface area (Å²) in [7, 11) is 1.97. The smallest absolute Gasteiger partial charge is 0.158 e.